The van der Waals surface area contributed by atoms with Crippen molar-refractivity contribution in [3.8, 4) is 0 Å². The van der Waals surface area contributed by atoms with Crippen molar-refractivity contribution < 1.29 is 4.79 Å². The van der Waals surface area contributed by atoms with Gasteiger partial charge in [0.2, 0.25) is 5.91 Å². The average molecular weight is 307 g/mol. The van der Waals surface area contributed by atoms with Gasteiger partial charge in [0.15, 0.2) is 0 Å². The van der Waals surface area contributed by atoms with E-state index in [0.29, 0.717) is 12.0 Å². The second-order valence-electron chi connectivity index (χ2n) is 5.97. The first-order valence-corrected chi connectivity index (χ1v) is 8.54. The van der Waals surface area contributed by atoms with Gasteiger partial charge in [-0.2, -0.15) is 0 Å². The molecule has 1 amide bonds. The van der Waals surface area contributed by atoms with Crippen LogP contribution in [0.25, 0.3) is 6.08 Å². The monoisotopic (exact) mass is 307 g/mol. The highest BCUT2D eigenvalue weighted by Gasteiger charge is 2.21. The standard InChI is InChI=1S/C16H25N3OS/c1-12(2)19-8-4-5-14(10-19)9-17-16(20)7-6-15-11-21-13(3)18-15/h6-7,11-12,14H,4-5,8-10H2,1-3H3,(H,17,20)/b7-6-/t14-/m1/s1. The van der Waals surface area contributed by atoms with Gasteiger partial charge in [0.1, 0.15) is 0 Å². The van der Waals surface area contributed by atoms with Crippen molar-refractivity contribution >= 4 is 23.3 Å². The zero-order valence-corrected chi connectivity index (χ0v) is 13.9. The lowest BCUT2D eigenvalue weighted by atomic mass is 9.97. The van der Waals surface area contributed by atoms with Crippen LogP contribution in [0.2, 0.25) is 0 Å². The van der Waals surface area contributed by atoms with Crippen molar-refractivity contribution in [1.82, 2.24) is 15.2 Å². The Morgan fingerprint density at radius 1 is 1.62 bits per heavy atom. The van der Waals surface area contributed by atoms with Crippen molar-refractivity contribution in [2.45, 2.75) is 39.7 Å². The highest BCUT2D eigenvalue weighted by Crippen LogP contribution is 2.17. The van der Waals surface area contributed by atoms with E-state index in [4.69, 9.17) is 0 Å². The molecule has 1 saturated heterocycles. The van der Waals surface area contributed by atoms with E-state index >= 15 is 0 Å². The fourth-order valence-corrected chi connectivity index (χ4v) is 3.24. The third-order valence-corrected chi connectivity index (χ3v) is 4.68. The number of hydrogen-bond donors (Lipinski definition) is 1. The summed E-state index contributed by atoms with van der Waals surface area (Å²) in [7, 11) is 0. The second kappa shape index (κ2) is 7.71. The van der Waals surface area contributed by atoms with Gasteiger partial charge in [-0.1, -0.05) is 0 Å². The Kier molecular flexibility index (Phi) is 5.94. The Bertz CT molecular complexity index is 495. The molecule has 0 unspecified atom stereocenters. The van der Waals surface area contributed by atoms with E-state index in [-0.39, 0.29) is 5.91 Å². The van der Waals surface area contributed by atoms with Gasteiger partial charge in [-0.25, -0.2) is 4.98 Å². The molecule has 116 valence electrons. The van der Waals surface area contributed by atoms with Gasteiger partial charge in [-0.05, 0) is 52.2 Å². The lowest BCUT2D eigenvalue weighted by molar-refractivity contribution is -0.116. The minimum Gasteiger partial charge on any atom is -0.352 e. The molecule has 0 saturated carbocycles. The van der Waals surface area contributed by atoms with Crippen LogP contribution in [0, 0.1) is 12.8 Å². The Morgan fingerprint density at radius 2 is 2.43 bits per heavy atom. The Morgan fingerprint density at radius 3 is 3.10 bits per heavy atom. The van der Waals surface area contributed by atoms with E-state index in [0.717, 1.165) is 23.8 Å². The minimum atomic E-state index is -0.0256. The van der Waals surface area contributed by atoms with Gasteiger partial charge in [-0.3, -0.25) is 4.79 Å². The number of aryl methyl sites for hydroxylation is 1. The SMILES string of the molecule is Cc1nc(/C=C\C(=O)NC[C@H]2CCCN(C(C)C)C2)cs1. The third kappa shape index (κ3) is 5.25. The summed E-state index contributed by atoms with van der Waals surface area (Å²) in [5.74, 6) is 0.544. The molecule has 1 aromatic rings. The van der Waals surface area contributed by atoms with E-state index in [1.54, 1.807) is 23.5 Å². The molecule has 1 aliphatic heterocycles. The van der Waals surface area contributed by atoms with E-state index in [1.807, 2.05) is 12.3 Å². The van der Waals surface area contributed by atoms with Crippen LogP contribution in [0.3, 0.4) is 0 Å². The smallest absolute Gasteiger partial charge is 0.244 e. The van der Waals surface area contributed by atoms with Crippen molar-refractivity contribution in [3.05, 3.63) is 22.2 Å². The summed E-state index contributed by atoms with van der Waals surface area (Å²) in [4.78, 5) is 18.6. The average Bonchev–Trinajstić information content (AvgIpc) is 2.89. The number of nitrogens with one attached hydrogen (secondary N) is 1. The fraction of sp³-hybridized carbons (Fsp3) is 0.625. The normalized spacial score (nSPS) is 20.3. The maximum atomic E-state index is 11.8. The molecule has 1 aliphatic rings. The molecule has 0 radical (unpaired) electrons. The molecule has 0 aliphatic carbocycles. The molecular weight excluding hydrogens is 282 g/mol. The second-order valence-corrected chi connectivity index (χ2v) is 7.03. The number of amides is 1. The molecule has 21 heavy (non-hydrogen) atoms. The van der Waals surface area contributed by atoms with E-state index < -0.39 is 0 Å². The number of thiazole rings is 1. The van der Waals surface area contributed by atoms with Crippen LogP contribution in [0.4, 0.5) is 0 Å². The Balaban J connectivity index is 1.74. The summed E-state index contributed by atoms with van der Waals surface area (Å²) in [6, 6.07) is 0.594. The van der Waals surface area contributed by atoms with E-state index in [9.17, 15) is 4.79 Å². The van der Waals surface area contributed by atoms with Crippen LogP contribution in [-0.4, -0.2) is 41.5 Å². The molecule has 0 aromatic carbocycles. The van der Waals surface area contributed by atoms with Gasteiger partial charge < -0.3 is 10.2 Å². The van der Waals surface area contributed by atoms with Gasteiger partial charge in [0, 0.05) is 30.6 Å². The number of carbonyl (C=O) groups excluding carboxylic acids is 1. The van der Waals surface area contributed by atoms with Crippen molar-refractivity contribution in [3.63, 3.8) is 0 Å². The zero-order chi connectivity index (χ0) is 15.2. The third-order valence-electron chi connectivity index (χ3n) is 3.89. The predicted octanol–water partition coefficient (Wildman–Crippen LogP) is 2.70. The molecule has 2 heterocycles. The summed E-state index contributed by atoms with van der Waals surface area (Å²) in [5.41, 5.74) is 0.858. The lowest BCUT2D eigenvalue weighted by Crippen LogP contribution is -2.43. The number of rotatable bonds is 5. The quantitative estimate of drug-likeness (QED) is 0.851. The predicted molar refractivity (Wildman–Crippen MR) is 88.3 cm³/mol. The molecule has 5 heteroatoms. The van der Waals surface area contributed by atoms with Gasteiger partial charge in [-0.15, -0.1) is 11.3 Å². The zero-order valence-electron chi connectivity index (χ0n) is 13.1. The van der Waals surface area contributed by atoms with Crippen molar-refractivity contribution in [2.24, 2.45) is 5.92 Å². The number of piperidine rings is 1. The maximum Gasteiger partial charge on any atom is 0.244 e. The van der Waals surface area contributed by atoms with Gasteiger partial charge >= 0.3 is 0 Å². The molecule has 1 N–H and O–H groups in total. The summed E-state index contributed by atoms with van der Waals surface area (Å²) in [6.07, 6.45) is 5.79. The molecule has 4 nitrogen and oxygen atoms in total. The van der Waals surface area contributed by atoms with E-state index in [1.165, 1.54) is 19.4 Å². The van der Waals surface area contributed by atoms with Crippen LogP contribution in [0.15, 0.2) is 11.5 Å². The first-order chi connectivity index (χ1) is 10.0. The number of hydrogen-bond acceptors (Lipinski definition) is 4. The van der Waals surface area contributed by atoms with Crippen LogP contribution < -0.4 is 5.32 Å². The minimum absolute atomic E-state index is 0.0256. The molecule has 1 fully saturated rings. The number of carbonyl (C=O) groups is 1. The number of likely N-dealkylation sites (tertiary alicyclic amines) is 1. The van der Waals surface area contributed by atoms with Crippen LogP contribution in [0.5, 0.6) is 0 Å². The highest BCUT2D eigenvalue weighted by molar-refractivity contribution is 7.09. The molecule has 1 atom stereocenters. The summed E-state index contributed by atoms with van der Waals surface area (Å²) in [6.45, 7) is 9.48. The van der Waals surface area contributed by atoms with E-state index in [2.05, 4.69) is 29.0 Å². The lowest BCUT2D eigenvalue weighted by Gasteiger charge is -2.35. The highest BCUT2D eigenvalue weighted by atomic mass is 32.1. The first kappa shape index (κ1) is 16.2. The largest absolute Gasteiger partial charge is 0.352 e. The molecule has 0 spiro atoms. The van der Waals surface area contributed by atoms with Crippen LogP contribution in [-0.2, 0) is 4.79 Å². The summed E-state index contributed by atoms with van der Waals surface area (Å²) in [5, 5.41) is 5.99. The number of nitrogens with zero attached hydrogens (tertiary/aromatic N) is 2. The molecule has 0 bridgehead atoms. The van der Waals surface area contributed by atoms with Crippen molar-refractivity contribution in [2.75, 3.05) is 19.6 Å². The maximum absolute atomic E-state index is 11.8. The van der Waals surface area contributed by atoms with Crippen LogP contribution >= 0.6 is 11.3 Å². The Labute approximate surface area is 131 Å². The first-order valence-electron chi connectivity index (χ1n) is 7.66. The molecule has 1 aromatic heterocycles. The summed E-state index contributed by atoms with van der Waals surface area (Å²) >= 11 is 1.60. The Hall–Kier alpha value is -1.20. The molecule has 2 rings (SSSR count). The fourth-order valence-electron chi connectivity index (χ4n) is 2.65. The summed E-state index contributed by atoms with van der Waals surface area (Å²) < 4.78 is 0. The topological polar surface area (TPSA) is 45.2 Å². The van der Waals surface area contributed by atoms with Crippen LogP contribution in [0.1, 0.15) is 37.4 Å². The number of aromatic nitrogens is 1. The molecular formula is C16H25N3OS. The van der Waals surface area contributed by atoms with Gasteiger partial charge in [0.25, 0.3) is 0 Å². The van der Waals surface area contributed by atoms with Gasteiger partial charge in [0.05, 0.1) is 10.7 Å². The van der Waals surface area contributed by atoms with Crippen molar-refractivity contribution in [1.29, 1.82) is 0 Å².